The average Bonchev–Trinajstić information content (AvgIpc) is 2.74. The van der Waals surface area contributed by atoms with Gasteiger partial charge in [0.25, 0.3) is 0 Å². The van der Waals surface area contributed by atoms with Crippen molar-refractivity contribution in [2.45, 2.75) is 46.1 Å². The predicted octanol–water partition coefficient (Wildman–Crippen LogP) is 2.47. The van der Waals surface area contributed by atoms with Crippen LogP contribution in [-0.4, -0.2) is 22.6 Å². The Morgan fingerprint density at radius 2 is 2.41 bits per heavy atom. The highest BCUT2D eigenvalue weighted by Gasteiger charge is 2.13. The number of nitrogens with zero attached hydrogens (tertiary/aromatic N) is 2. The lowest BCUT2D eigenvalue weighted by atomic mass is 9.96. The molecule has 17 heavy (non-hydrogen) atoms. The highest BCUT2D eigenvalue weighted by atomic mass is 15.0. The van der Waals surface area contributed by atoms with Gasteiger partial charge in [-0.25, -0.2) is 4.98 Å². The molecule has 1 N–H and O–H groups in total. The van der Waals surface area contributed by atoms with E-state index in [1.165, 1.54) is 38.0 Å². The van der Waals surface area contributed by atoms with Crippen LogP contribution < -0.4 is 5.32 Å². The number of aryl methyl sites for hydroxylation is 1. The Hall–Kier alpha value is -0.830. The van der Waals surface area contributed by atoms with Crippen molar-refractivity contribution < 1.29 is 0 Å². The molecule has 3 nitrogen and oxygen atoms in total. The highest BCUT2D eigenvalue weighted by Crippen LogP contribution is 2.16. The van der Waals surface area contributed by atoms with Gasteiger partial charge in [-0.2, -0.15) is 0 Å². The normalized spacial score (nSPS) is 21.0. The molecule has 2 rings (SSSR count). The standard InChI is InChI=1S/C14H25N3/c1-12(2)8-14-10-16-11-17(14)7-5-13-4-3-6-15-9-13/h10-13,15H,3-9H2,1-2H3. The molecule has 0 aromatic carbocycles. The first-order valence-electron chi connectivity index (χ1n) is 6.95. The van der Waals surface area contributed by atoms with Gasteiger partial charge in [0.1, 0.15) is 0 Å². The number of imidazole rings is 1. The molecule has 2 heterocycles. The van der Waals surface area contributed by atoms with Crippen LogP contribution in [0.5, 0.6) is 0 Å². The second-order valence-electron chi connectivity index (χ2n) is 5.68. The molecule has 1 aromatic rings. The van der Waals surface area contributed by atoms with Gasteiger partial charge in [0.15, 0.2) is 0 Å². The van der Waals surface area contributed by atoms with Crippen molar-refractivity contribution >= 4 is 0 Å². The van der Waals surface area contributed by atoms with E-state index in [0.717, 1.165) is 18.9 Å². The number of aromatic nitrogens is 2. The molecule has 1 aliphatic heterocycles. The van der Waals surface area contributed by atoms with E-state index in [9.17, 15) is 0 Å². The molecular formula is C14H25N3. The molecule has 0 amide bonds. The van der Waals surface area contributed by atoms with Crippen LogP contribution in [0.4, 0.5) is 0 Å². The maximum absolute atomic E-state index is 4.29. The summed E-state index contributed by atoms with van der Waals surface area (Å²) in [6.07, 6.45) is 9.18. The zero-order valence-electron chi connectivity index (χ0n) is 11.2. The molecule has 1 aliphatic rings. The summed E-state index contributed by atoms with van der Waals surface area (Å²) in [6, 6.07) is 0. The van der Waals surface area contributed by atoms with Crippen LogP contribution in [0.1, 0.15) is 38.8 Å². The lowest BCUT2D eigenvalue weighted by molar-refractivity contribution is 0.339. The Kier molecular flexibility index (Phi) is 4.60. The van der Waals surface area contributed by atoms with Crippen molar-refractivity contribution in [2.75, 3.05) is 13.1 Å². The zero-order valence-corrected chi connectivity index (χ0v) is 11.2. The van der Waals surface area contributed by atoms with Crippen molar-refractivity contribution in [3.63, 3.8) is 0 Å². The highest BCUT2D eigenvalue weighted by molar-refractivity contribution is 4.99. The van der Waals surface area contributed by atoms with E-state index in [1.54, 1.807) is 0 Å². The summed E-state index contributed by atoms with van der Waals surface area (Å²) in [5.74, 6) is 1.57. The number of rotatable bonds is 5. The lowest BCUT2D eigenvalue weighted by Gasteiger charge is -2.23. The first kappa shape index (κ1) is 12.6. The molecular weight excluding hydrogens is 210 g/mol. The maximum Gasteiger partial charge on any atom is 0.0948 e. The summed E-state index contributed by atoms with van der Waals surface area (Å²) in [5, 5.41) is 3.49. The van der Waals surface area contributed by atoms with Gasteiger partial charge in [0.2, 0.25) is 0 Å². The molecule has 3 heteroatoms. The third-order valence-corrected chi connectivity index (χ3v) is 3.59. The van der Waals surface area contributed by atoms with Gasteiger partial charge >= 0.3 is 0 Å². The van der Waals surface area contributed by atoms with Crippen molar-refractivity contribution in [1.29, 1.82) is 0 Å². The van der Waals surface area contributed by atoms with E-state index in [2.05, 4.69) is 28.7 Å². The van der Waals surface area contributed by atoms with E-state index >= 15 is 0 Å². The topological polar surface area (TPSA) is 29.9 Å². The maximum atomic E-state index is 4.29. The van der Waals surface area contributed by atoms with E-state index in [-0.39, 0.29) is 0 Å². The second kappa shape index (κ2) is 6.20. The minimum Gasteiger partial charge on any atom is -0.335 e. The monoisotopic (exact) mass is 235 g/mol. The Morgan fingerprint density at radius 3 is 3.12 bits per heavy atom. The predicted molar refractivity (Wildman–Crippen MR) is 71.0 cm³/mol. The molecule has 1 atom stereocenters. The third kappa shape index (κ3) is 3.84. The Labute approximate surface area is 105 Å². The van der Waals surface area contributed by atoms with Gasteiger partial charge in [-0.1, -0.05) is 13.8 Å². The molecule has 0 spiro atoms. The van der Waals surface area contributed by atoms with Crippen LogP contribution in [0.2, 0.25) is 0 Å². The van der Waals surface area contributed by atoms with Gasteiger partial charge in [0, 0.05) is 18.4 Å². The molecule has 0 aliphatic carbocycles. The van der Waals surface area contributed by atoms with E-state index in [4.69, 9.17) is 0 Å². The van der Waals surface area contributed by atoms with E-state index in [0.29, 0.717) is 5.92 Å². The average molecular weight is 235 g/mol. The molecule has 1 fully saturated rings. The number of piperidine rings is 1. The van der Waals surface area contributed by atoms with Crippen LogP contribution in [0.3, 0.4) is 0 Å². The molecule has 1 saturated heterocycles. The molecule has 0 bridgehead atoms. The quantitative estimate of drug-likeness (QED) is 0.849. The number of hydrogen-bond donors (Lipinski definition) is 1. The Balaban J connectivity index is 1.83. The fraction of sp³-hybridized carbons (Fsp3) is 0.786. The number of hydrogen-bond acceptors (Lipinski definition) is 2. The smallest absolute Gasteiger partial charge is 0.0948 e. The molecule has 1 unspecified atom stereocenters. The SMILES string of the molecule is CC(C)Cc1cncn1CCC1CCCNC1. The summed E-state index contributed by atoms with van der Waals surface area (Å²) in [7, 11) is 0. The summed E-state index contributed by atoms with van der Waals surface area (Å²) < 4.78 is 2.34. The summed E-state index contributed by atoms with van der Waals surface area (Å²) in [5.41, 5.74) is 1.39. The summed E-state index contributed by atoms with van der Waals surface area (Å²) >= 11 is 0. The van der Waals surface area contributed by atoms with Crippen LogP contribution in [0.15, 0.2) is 12.5 Å². The van der Waals surface area contributed by atoms with Gasteiger partial charge in [-0.05, 0) is 50.6 Å². The lowest BCUT2D eigenvalue weighted by Crippen LogP contribution is -2.30. The fourth-order valence-electron chi connectivity index (χ4n) is 2.63. The fourth-order valence-corrected chi connectivity index (χ4v) is 2.63. The molecule has 1 aromatic heterocycles. The Bertz CT molecular complexity index is 324. The van der Waals surface area contributed by atoms with E-state index < -0.39 is 0 Å². The van der Waals surface area contributed by atoms with Crippen molar-refractivity contribution in [3.05, 3.63) is 18.2 Å². The molecule has 0 saturated carbocycles. The van der Waals surface area contributed by atoms with E-state index in [1.807, 2.05) is 12.5 Å². The molecule has 0 radical (unpaired) electrons. The first-order chi connectivity index (χ1) is 8.25. The summed E-state index contributed by atoms with van der Waals surface area (Å²) in [4.78, 5) is 4.29. The van der Waals surface area contributed by atoms with Gasteiger partial charge in [-0.15, -0.1) is 0 Å². The van der Waals surface area contributed by atoms with Crippen molar-refractivity contribution in [3.8, 4) is 0 Å². The van der Waals surface area contributed by atoms with Crippen LogP contribution in [-0.2, 0) is 13.0 Å². The van der Waals surface area contributed by atoms with Gasteiger partial charge < -0.3 is 9.88 Å². The van der Waals surface area contributed by atoms with Crippen LogP contribution >= 0.6 is 0 Å². The Morgan fingerprint density at radius 1 is 1.53 bits per heavy atom. The van der Waals surface area contributed by atoms with Gasteiger partial charge in [-0.3, -0.25) is 0 Å². The van der Waals surface area contributed by atoms with Crippen molar-refractivity contribution in [2.24, 2.45) is 11.8 Å². The first-order valence-corrected chi connectivity index (χ1v) is 6.95. The van der Waals surface area contributed by atoms with Crippen LogP contribution in [0, 0.1) is 11.8 Å². The number of nitrogens with one attached hydrogen (secondary N) is 1. The minimum atomic E-state index is 0.710. The van der Waals surface area contributed by atoms with Crippen molar-refractivity contribution in [1.82, 2.24) is 14.9 Å². The zero-order chi connectivity index (χ0) is 12.1. The summed E-state index contributed by atoms with van der Waals surface area (Å²) in [6.45, 7) is 8.08. The minimum absolute atomic E-state index is 0.710. The van der Waals surface area contributed by atoms with Crippen LogP contribution in [0.25, 0.3) is 0 Å². The van der Waals surface area contributed by atoms with Gasteiger partial charge in [0.05, 0.1) is 6.33 Å². The molecule has 96 valence electrons. The largest absolute Gasteiger partial charge is 0.335 e. The third-order valence-electron chi connectivity index (χ3n) is 3.59. The second-order valence-corrected chi connectivity index (χ2v) is 5.68.